The zero-order chi connectivity index (χ0) is 12.1. The predicted molar refractivity (Wildman–Crippen MR) is 72.9 cm³/mol. The van der Waals surface area contributed by atoms with Gasteiger partial charge in [-0.25, -0.2) is 0 Å². The average molecular weight is 254 g/mol. The Hall–Kier alpha value is -0.730. The number of halogens is 1. The molecular weight excluding hydrogens is 234 g/mol. The van der Waals surface area contributed by atoms with Crippen molar-refractivity contribution >= 4 is 17.3 Å². The minimum absolute atomic E-state index is 0.497. The zero-order valence-corrected chi connectivity index (χ0v) is 11.1. The zero-order valence-electron chi connectivity index (χ0n) is 10.3. The summed E-state index contributed by atoms with van der Waals surface area (Å²) in [6, 6.07) is 5.96. The summed E-state index contributed by atoms with van der Waals surface area (Å²) in [7, 11) is 0. The smallest absolute Gasteiger partial charge is 0.0576 e. The van der Waals surface area contributed by atoms with Crippen LogP contribution in [0.15, 0.2) is 18.2 Å². The molecule has 0 bridgehead atoms. The fraction of sp³-hybridized carbons (Fsp3) is 0.571. The van der Waals surface area contributed by atoms with E-state index in [1.807, 2.05) is 18.2 Å². The number of benzene rings is 1. The van der Waals surface area contributed by atoms with Crippen LogP contribution < -0.4 is 5.32 Å². The summed E-state index contributed by atoms with van der Waals surface area (Å²) < 4.78 is 5.60. The first-order valence-electron chi connectivity index (χ1n) is 6.37. The highest BCUT2D eigenvalue weighted by atomic mass is 35.5. The summed E-state index contributed by atoms with van der Waals surface area (Å²) in [6.07, 6.45) is 5.27. The van der Waals surface area contributed by atoms with E-state index in [0.717, 1.165) is 36.7 Å². The van der Waals surface area contributed by atoms with Gasteiger partial charge >= 0.3 is 0 Å². The lowest BCUT2D eigenvalue weighted by atomic mass is 10.1. The maximum absolute atomic E-state index is 5.97. The van der Waals surface area contributed by atoms with Crippen LogP contribution in [0.3, 0.4) is 0 Å². The molecule has 2 nitrogen and oxygen atoms in total. The molecule has 1 aromatic rings. The molecule has 94 valence electrons. The molecule has 3 heteroatoms. The molecule has 1 unspecified atom stereocenters. The van der Waals surface area contributed by atoms with Crippen LogP contribution in [0.4, 0.5) is 5.69 Å². The van der Waals surface area contributed by atoms with E-state index in [4.69, 9.17) is 16.3 Å². The second-order valence-electron chi connectivity index (χ2n) is 4.66. The highest BCUT2D eigenvalue weighted by Gasteiger charge is 2.14. The van der Waals surface area contributed by atoms with Crippen molar-refractivity contribution in [2.45, 2.75) is 38.7 Å². The highest BCUT2D eigenvalue weighted by molar-refractivity contribution is 6.30. The van der Waals surface area contributed by atoms with Crippen LogP contribution in [0.25, 0.3) is 0 Å². The Kier molecular flexibility index (Phi) is 4.69. The van der Waals surface area contributed by atoms with E-state index in [1.54, 1.807) is 0 Å². The Morgan fingerprint density at radius 3 is 3.12 bits per heavy atom. The van der Waals surface area contributed by atoms with Crippen LogP contribution in [0.2, 0.25) is 5.02 Å². The first kappa shape index (κ1) is 12.7. The number of anilines is 1. The third kappa shape index (κ3) is 3.90. The van der Waals surface area contributed by atoms with Crippen molar-refractivity contribution in [2.75, 3.05) is 18.5 Å². The van der Waals surface area contributed by atoms with Crippen molar-refractivity contribution in [2.24, 2.45) is 0 Å². The van der Waals surface area contributed by atoms with Gasteiger partial charge in [0.05, 0.1) is 6.10 Å². The molecule has 1 fully saturated rings. The van der Waals surface area contributed by atoms with E-state index in [2.05, 4.69) is 12.2 Å². The molecule has 0 radical (unpaired) electrons. The number of hydrogen-bond acceptors (Lipinski definition) is 2. The fourth-order valence-electron chi connectivity index (χ4n) is 2.21. The Labute approximate surface area is 108 Å². The number of ether oxygens (including phenoxy) is 1. The summed E-state index contributed by atoms with van der Waals surface area (Å²) in [5.41, 5.74) is 2.39. The van der Waals surface area contributed by atoms with Crippen molar-refractivity contribution in [3.63, 3.8) is 0 Å². The fourth-order valence-corrected chi connectivity index (χ4v) is 2.38. The first-order chi connectivity index (χ1) is 8.25. The van der Waals surface area contributed by atoms with E-state index in [1.165, 1.54) is 18.4 Å². The van der Waals surface area contributed by atoms with Gasteiger partial charge in [-0.1, -0.05) is 17.7 Å². The summed E-state index contributed by atoms with van der Waals surface area (Å²) in [4.78, 5) is 0. The molecule has 1 aromatic carbocycles. The minimum Gasteiger partial charge on any atom is -0.385 e. The van der Waals surface area contributed by atoms with Gasteiger partial charge < -0.3 is 10.1 Å². The van der Waals surface area contributed by atoms with E-state index < -0.39 is 0 Å². The lowest BCUT2D eigenvalue weighted by Crippen LogP contribution is -2.09. The number of rotatable bonds is 5. The summed E-state index contributed by atoms with van der Waals surface area (Å²) in [5.74, 6) is 0. The van der Waals surface area contributed by atoms with Gasteiger partial charge in [0.15, 0.2) is 0 Å². The topological polar surface area (TPSA) is 21.3 Å². The van der Waals surface area contributed by atoms with Gasteiger partial charge in [0.1, 0.15) is 0 Å². The summed E-state index contributed by atoms with van der Waals surface area (Å²) >= 11 is 5.97. The monoisotopic (exact) mass is 253 g/mol. The molecule has 1 heterocycles. The Morgan fingerprint density at radius 2 is 2.35 bits per heavy atom. The van der Waals surface area contributed by atoms with Crippen molar-refractivity contribution < 1.29 is 4.74 Å². The molecule has 1 aliphatic heterocycles. The van der Waals surface area contributed by atoms with Gasteiger partial charge in [0, 0.05) is 23.9 Å². The Bertz CT molecular complexity index is 361. The van der Waals surface area contributed by atoms with Crippen molar-refractivity contribution in [3.8, 4) is 0 Å². The van der Waals surface area contributed by atoms with Crippen molar-refractivity contribution in [1.82, 2.24) is 0 Å². The molecule has 1 saturated heterocycles. The SMILES string of the molecule is Cc1ccc(Cl)cc1NCCCC1CCCO1. The van der Waals surface area contributed by atoms with Crippen molar-refractivity contribution in [1.29, 1.82) is 0 Å². The second-order valence-corrected chi connectivity index (χ2v) is 5.10. The lowest BCUT2D eigenvalue weighted by molar-refractivity contribution is 0.103. The third-order valence-electron chi connectivity index (χ3n) is 3.24. The molecule has 0 aromatic heterocycles. The summed E-state index contributed by atoms with van der Waals surface area (Å²) in [6.45, 7) is 4.03. The number of hydrogen-bond donors (Lipinski definition) is 1. The quantitative estimate of drug-likeness (QED) is 0.801. The Morgan fingerprint density at radius 1 is 1.47 bits per heavy atom. The molecule has 2 rings (SSSR count). The summed E-state index contributed by atoms with van der Waals surface area (Å²) in [5, 5.41) is 4.23. The van der Waals surface area contributed by atoms with Crippen LogP contribution in [0, 0.1) is 6.92 Å². The largest absolute Gasteiger partial charge is 0.385 e. The highest BCUT2D eigenvalue weighted by Crippen LogP contribution is 2.21. The molecule has 0 aliphatic carbocycles. The van der Waals surface area contributed by atoms with Gasteiger partial charge in [0.2, 0.25) is 0 Å². The van der Waals surface area contributed by atoms with Crippen molar-refractivity contribution in [3.05, 3.63) is 28.8 Å². The van der Waals surface area contributed by atoms with E-state index in [9.17, 15) is 0 Å². The normalized spacial score (nSPS) is 19.5. The van der Waals surface area contributed by atoms with Crippen LogP contribution in [0.1, 0.15) is 31.2 Å². The van der Waals surface area contributed by atoms with Crippen LogP contribution in [-0.4, -0.2) is 19.3 Å². The van der Waals surface area contributed by atoms with Gasteiger partial charge in [-0.05, 0) is 50.3 Å². The van der Waals surface area contributed by atoms with E-state index in [-0.39, 0.29) is 0 Å². The molecule has 17 heavy (non-hydrogen) atoms. The molecule has 0 amide bonds. The lowest BCUT2D eigenvalue weighted by Gasteiger charge is -2.12. The molecule has 1 N–H and O–H groups in total. The van der Waals surface area contributed by atoms with E-state index >= 15 is 0 Å². The molecule has 0 saturated carbocycles. The van der Waals surface area contributed by atoms with Gasteiger partial charge in [-0.15, -0.1) is 0 Å². The van der Waals surface area contributed by atoms with Crippen LogP contribution in [0.5, 0.6) is 0 Å². The molecular formula is C14H20ClNO. The number of aryl methyl sites for hydroxylation is 1. The molecule has 1 aliphatic rings. The van der Waals surface area contributed by atoms with Crippen LogP contribution >= 0.6 is 11.6 Å². The second kappa shape index (κ2) is 6.27. The maximum Gasteiger partial charge on any atom is 0.0576 e. The maximum atomic E-state index is 5.97. The standard InChI is InChI=1S/C14H20ClNO/c1-11-6-7-12(15)10-14(11)16-8-2-4-13-5-3-9-17-13/h6-7,10,13,16H,2-5,8-9H2,1H3. The molecule has 1 atom stereocenters. The molecule has 0 spiro atoms. The predicted octanol–water partition coefficient (Wildman–Crippen LogP) is 4.02. The van der Waals surface area contributed by atoms with Crippen LogP contribution in [-0.2, 0) is 4.74 Å². The number of nitrogens with one attached hydrogen (secondary N) is 1. The first-order valence-corrected chi connectivity index (χ1v) is 6.75. The van der Waals surface area contributed by atoms with Gasteiger partial charge in [0.25, 0.3) is 0 Å². The minimum atomic E-state index is 0.497. The average Bonchev–Trinajstić information content (AvgIpc) is 2.82. The van der Waals surface area contributed by atoms with E-state index in [0.29, 0.717) is 6.10 Å². The Balaban J connectivity index is 1.72. The van der Waals surface area contributed by atoms with Gasteiger partial charge in [-0.3, -0.25) is 0 Å². The third-order valence-corrected chi connectivity index (χ3v) is 3.48. The van der Waals surface area contributed by atoms with Gasteiger partial charge in [-0.2, -0.15) is 0 Å².